The summed E-state index contributed by atoms with van der Waals surface area (Å²) in [6, 6.07) is 7.64. The fourth-order valence-electron chi connectivity index (χ4n) is 3.48. The number of benzene rings is 1. The van der Waals surface area contributed by atoms with E-state index in [4.69, 9.17) is 9.47 Å². The van der Waals surface area contributed by atoms with Crippen LogP contribution in [0.15, 0.2) is 30.5 Å². The highest BCUT2D eigenvalue weighted by Crippen LogP contribution is 2.38. The third-order valence-corrected chi connectivity index (χ3v) is 4.70. The van der Waals surface area contributed by atoms with Crippen LogP contribution in [0.2, 0.25) is 0 Å². The number of fused-ring (bicyclic) bond motifs is 2. The molecule has 6 nitrogen and oxygen atoms in total. The third-order valence-electron chi connectivity index (χ3n) is 4.70. The number of aromatic nitrogens is 3. The number of ether oxygens (including phenoxy) is 2. The van der Waals surface area contributed by atoms with Crippen molar-refractivity contribution in [2.75, 3.05) is 14.2 Å². The molecule has 1 aromatic carbocycles. The Kier molecular flexibility index (Phi) is 3.67. The topological polar surface area (TPSA) is 65.7 Å². The highest BCUT2D eigenvalue weighted by molar-refractivity contribution is 5.98. The predicted molar refractivity (Wildman–Crippen MR) is 92.7 cm³/mol. The van der Waals surface area contributed by atoms with E-state index in [1.54, 1.807) is 24.9 Å². The molecule has 0 fully saturated rings. The lowest BCUT2D eigenvalue weighted by atomic mass is 9.81. The van der Waals surface area contributed by atoms with Gasteiger partial charge in [0.15, 0.2) is 11.4 Å². The molecule has 0 aliphatic heterocycles. The maximum absolute atomic E-state index is 12.7. The van der Waals surface area contributed by atoms with Gasteiger partial charge in [-0.1, -0.05) is 6.07 Å². The fourth-order valence-corrected chi connectivity index (χ4v) is 3.48. The van der Waals surface area contributed by atoms with Gasteiger partial charge in [-0.3, -0.25) is 4.79 Å². The van der Waals surface area contributed by atoms with Gasteiger partial charge in [0.25, 0.3) is 0 Å². The summed E-state index contributed by atoms with van der Waals surface area (Å²) in [6.45, 7) is 1.92. The van der Waals surface area contributed by atoms with E-state index in [9.17, 15) is 4.79 Å². The van der Waals surface area contributed by atoms with Crippen LogP contribution in [0.5, 0.6) is 11.5 Å². The molecule has 0 saturated carbocycles. The van der Waals surface area contributed by atoms with Gasteiger partial charge in [-0.2, -0.15) is 5.10 Å². The van der Waals surface area contributed by atoms with Gasteiger partial charge in [0.1, 0.15) is 11.5 Å². The first-order valence-electron chi connectivity index (χ1n) is 8.20. The fraction of sp³-hybridized carbons (Fsp3) is 0.316. The second-order valence-electron chi connectivity index (χ2n) is 6.33. The smallest absolute Gasteiger partial charge is 0.166 e. The first-order chi connectivity index (χ1) is 12.1. The molecule has 2 heterocycles. The molecule has 1 unspecified atom stereocenters. The standard InChI is InChI=1S/C19H19N3O3/c1-11-6-19-20-16-7-12(8-17(23)15(16)10-22(19)21-11)14-5-4-13(24-2)9-18(14)25-3/h4-6,9-10,12H,7-8H2,1-3H3. The zero-order valence-corrected chi connectivity index (χ0v) is 14.4. The van der Waals surface area contributed by atoms with Crippen LogP contribution >= 0.6 is 0 Å². The van der Waals surface area contributed by atoms with Crippen LogP contribution in [-0.2, 0) is 6.42 Å². The number of rotatable bonds is 3. The van der Waals surface area contributed by atoms with Gasteiger partial charge in [-0.25, -0.2) is 9.50 Å². The van der Waals surface area contributed by atoms with Crippen LogP contribution in [0.3, 0.4) is 0 Å². The second kappa shape index (κ2) is 5.88. The number of hydrogen-bond donors (Lipinski definition) is 0. The van der Waals surface area contributed by atoms with Gasteiger partial charge in [0.05, 0.1) is 31.2 Å². The van der Waals surface area contributed by atoms with Crippen molar-refractivity contribution in [3.05, 3.63) is 53.0 Å². The second-order valence-corrected chi connectivity index (χ2v) is 6.33. The molecule has 4 rings (SSSR count). The summed E-state index contributed by atoms with van der Waals surface area (Å²) in [5, 5.41) is 4.35. The van der Waals surface area contributed by atoms with E-state index in [0.29, 0.717) is 18.4 Å². The van der Waals surface area contributed by atoms with Crippen LogP contribution in [0.4, 0.5) is 0 Å². The Labute approximate surface area is 145 Å². The summed E-state index contributed by atoms with van der Waals surface area (Å²) in [5.41, 5.74) is 4.15. The van der Waals surface area contributed by atoms with Gasteiger partial charge in [-0.15, -0.1) is 0 Å². The molecule has 1 aliphatic carbocycles. The third kappa shape index (κ3) is 2.63. The summed E-state index contributed by atoms with van der Waals surface area (Å²) in [6.07, 6.45) is 2.93. The normalized spacial score (nSPS) is 16.8. The van der Waals surface area contributed by atoms with Gasteiger partial charge in [-0.05, 0) is 25.0 Å². The summed E-state index contributed by atoms with van der Waals surface area (Å²) >= 11 is 0. The minimum atomic E-state index is 0.0415. The average Bonchev–Trinajstić information content (AvgIpc) is 2.98. The average molecular weight is 337 g/mol. The van der Waals surface area contributed by atoms with E-state index < -0.39 is 0 Å². The Bertz CT molecular complexity index is 977. The van der Waals surface area contributed by atoms with Gasteiger partial charge < -0.3 is 9.47 Å². The van der Waals surface area contributed by atoms with Crippen molar-refractivity contribution in [2.45, 2.75) is 25.7 Å². The van der Waals surface area contributed by atoms with Gasteiger partial charge in [0.2, 0.25) is 0 Å². The number of aryl methyl sites for hydroxylation is 1. The van der Waals surface area contributed by atoms with Gasteiger partial charge in [0, 0.05) is 30.7 Å². The molecule has 0 bridgehead atoms. The molecule has 0 radical (unpaired) electrons. The van der Waals surface area contributed by atoms with Crippen LogP contribution in [0, 0.1) is 6.92 Å². The Hall–Kier alpha value is -2.89. The van der Waals surface area contributed by atoms with Crippen molar-refractivity contribution in [1.82, 2.24) is 14.6 Å². The lowest BCUT2D eigenvalue weighted by Gasteiger charge is -2.24. The monoisotopic (exact) mass is 337 g/mol. The number of carbonyl (C=O) groups is 1. The minimum absolute atomic E-state index is 0.0415. The zero-order valence-electron chi connectivity index (χ0n) is 14.4. The van der Waals surface area contributed by atoms with Crippen LogP contribution in [0.1, 0.15) is 39.6 Å². The van der Waals surface area contributed by atoms with Crippen molar-refractivity contribution >= 4 is 11.4 Å². The molecule has 1 atom stereocenters. The number of methoxy groups -OCH3 is 2. The number of carbonyl (C=O) groups excluding carboxylic acids is 1. The molecule has 0 spiro atoms. The first kappa shape index (κ1) is 15.6. The lowest BCUT2D eigenvalue weighted by molar-refractivity contribution is 0.0962. The van der Waals surface area contributed by atoms with Crippen molar-refractivity contribution in [3.63, 3.8) is 0 Å². The molecule has 0 amide bonds. The van der Waals surface area contributed by atoms with Crippen molar-refractivity contribution < 1.29 is 14.3 Å². The molecular formula is C19H19N3O3. The number of hydrogen-bond acceptors (Lipinski definition) is 5. The Morgan fingerprint density at radius 1 is 1.16 bits per heavy atom. The molecule has 25 heavy (non-hydrogen) atoms. The van der Waals surface area contributed by atoms with Crippen LogP contribution in [0.25, 0.3) is 5.65 Å². The van der Waals surface area contributed by atoms with Crippen molar-refractivity contribution in [2.24, 2.45) is 0 Å². The highest BCUT2D eigenvalue weighted by atomic mass is 16.5. The summed E-state index contributed by atoms with van der Waals surface area (Å²) in [5.74, 6) is 1.60. The Balaban J connectivity index is 1.76. The van der Waals surface area contributed by atoms with E-state index in [1.165, 1.54) is 0 Å². The van der Waals surface area contributed by atoms with Crippen LogP contribution < -0.4 is 9.47 Å². The highest BCUT2D eigenvalue weighted by Gasteiger charge is 2.30. The maximum atomic E-state index is 12.7. The van der Waals surface area contributed by atoms with Gasteiger partial charge >= 0.3 is 0 Å². The Morgan fingerprint density at radius 3 is 2.76 bits per heavy atom. The first-order valence-corrected chi connectivity index (χ1v) is 8.20. The minimum Gasteiger partial charge on any atom is -0.497 e. The maximum Gasteiger partial charge on any atom is 0.166 e. The molecule has 0 saturated heterocycles. The largest absolute Gasteiger partial charge is 0.497 e. The summed E-state index contributed by atoms with van der Waals surface area (Å²) in [4.78, 5) is 17.4. The van der Waals surface area contributed by atoms with Crippen molar-refractivity contribution in [3.8, 4) is 11.5 Å². The summed E-state index contributed by atoms with van der Waals surface area (Å²) < 4.78 is 12.5. The molecule has 0 N–H and O–H groups in total. The summed E-state index contributed by atoms with van der Waals surface area (Å²) in [7, 11) is 3.26. The number of Topliss-reactive ketones (excluding diaryl/α,β-unsaturated/α-hetero) is 1. The van der Waals surface area contributed by atoms with E-state index in [-0.39, 0.29) is 11.7 Å². The van der Waals surface area contributed by atoms with E-state index in [0.717, 1.165) is 34.1 Å². The van der Waals surface area contributed by atoms with Crippen LogP contribution in [-0.4, -0.2) is 34.6 Å². The van der Waals surface area contributed by atoms with E-state index in [2.05, 4.69) is 10.1 Å². The molecule has 1 aliphatic rings. The molecule has 128 valence electrons. The van der Waals surface area contributed by atoms with Crippen molar-refractivity contribution in [1.29, 1.82) is 0 Å². The van der Waals surface area contributed by atoms with E-state index >= 15 is 0 Å². The number of nitrogens with zero attached hydrogens (tertiary/aromatic N) is 3. The van der Waals surface area contributed by atoms with E-state index in [1.807, 2.05) is 31.2 Å². The predicted octanol–water partition coefficient (Wildman–Crippen LogP) is 2.97. The zero-order chi connectivity index (χ0) is 17.6. The lowest BCUT2D eigenvalue weighted by Crippen LogP contribution is -2.21. The molecular weight excluding hydrogens is 318 g/mol. The quantitative estimate of drug-likeness (QED) is 0.735. The Morgan fingerprint density at radius 2 is 2.00 bits per heavy atom. The molecule has 2 aromatic heterocycles. The SMILES string of the molecule is COc1ccc(C2CC(=O)c3cn4nc(C)cc4nc3C2)c(OC)c1. The molecule has 3 aromatic rings. The number of ketones is 1. The molecule has 6 heteroatoms.